The minimum absolute atomic E-state index is 0.284. The number of ether oxygens (including phenoxy) is 1. The second-order valence-electron chi connectivity index (χ2n) is 8.32. The highest BCUT2D eigenvalue weighted by molar-refractivity contribution is 5.95. The molecule has 5 rings (SSSR count). The average Bonchev–Trinajstić information content (AvgIpc) is 2.80. The van der Waals surface area contributed by atoms with E-state index in [0.717, 1.165) is 5.56 Å². The third kappa shape index (κ3) is 3.63. The number of halogens is 2. The minimum Gasteiger partial charge on any atom is -0.494 e. The quantitative estimate of drug-likeness (QED) is 0.388. The summed E-state index contributed by atoms with van der Waals surface area (Å²) in [7, 11) is 1.57. The summed E-state index contributed by atoms with van der Waals surface area (Å²) in [6.45, 7) is 3.83. The van der Waals surface area contributed by atoms with E-state index >= 15 is 4.39 Å². The van der Waals surface area contributed by atoms with Crippen LogP contribution in [0.25, 0.3) is 10.9 Å². The molecule has 0 saturated heterocycles. The van der Waals surface area contributed by atoms with Gasteiger partial charge in [0.05, 0.1) is 7.11 Å². The lowest BCUT2D eigenvalue weighted by molar-refractivity contribution is 0.172. The number of methoxy groups -OCH3 is 1. The fraction of sp³-hybridized carbons (Fsp3) is 0.231. The Kier molecular flexibility index (Phi) is 5.12. The first-order valence-electron chi connectivity index (χ1n) is 10.8. The summed E-state index contributed by atoms with van der Waals surface area (Å²) in [5, 5.41) is 3.87. The molecule has 168 valence electrons. The molecule has 0 radical (unpaired) electrons. The largest absolute Gasteiger partial charge is 0.494 e. The summed E-state index contributed by atoms with van der Waals surface area (Å²) < 4.78 is 35.5. The van der Waals surface area contributed by atoms with E-state index in [4.69, 9.17) is 9.72 Å². The second-order valence-corrected chi connectivity index (χ2v) is 8.32. The van der Waals surface area contributed by atoms with E-state index in [0.29, 0.717) is 52.3 Å². The molecule has 2 heterocycles. The Hall–Kier alpha value is -3.74. The first-order chi connectivity index (χ1) is 15.9. The van der Waals surface area contributed by atoms with Crippen molar-refractivity contribution < 1.29 is 13.5 Å². The molecule has 0 spiro atoms. The number of nitrogens with one attached hydrogen (secondary N) is 1. The van der Waals surface area contributed by atoms with Crippen molar-refractivity contribution in [2.75, 3.05) is 23.9 Å². The van der Waals surface area contributed by atoms with Crippen LogP contribution in [0.4, 0.5) is 26.2 Å². The smallest absolute Gasteiger partial charge is 0.229 e. The van der Waals surface area contributed by atoms with E-state index in [9.17, 15) is 4.39 Å². The van der Waals surface area contributed by atoms with Crippen LogP contribution in [0, 0.1) is 12.7 Å². The standard InChI is InChI=1S/C26H24F2N4O/c1-16-15-18(27)11-12-21(16)29-25-30-23-19(8-6-10-22(23)33-3)24(31-25)32-14-13-17-7-4-5-9-20(17)26(32,2)28/h4-12,15H,13-14H2,1-3H3,(H,29,30,31). The van der Waals surface area contributed by atoms with Gasteiger partial charge in [-0.3, -0.25) is 0 Å². The molecule has 0 saturated carbocycles. The molecule has 1 aliphatic heterocycles. The molecule has 1 atom stereocenters. The Morgan fingerprint density at radius 1 is 1.06 bits per heavy atom. The Balaban J connectivity index is 1.68. The molecule has 0 bridgehead atoms. The summed E-state index contributed by atoms with van der Waals surface area (Å²) in [5.41, 5.74) is 3.58. The van der Waals surface area contributed by atoms with Crippen LogP contribution in [-0.2, 0) is 12.2 Å². The first kappa shape index (κ1) is 21.1. The van der Waals surface area contributed by atoms with Gasteiger partial charge in [-0.2, -0.15) is 4.98 Å². The third-order valence-corrected chi connectivity index (χ3v) is 6.20. The molecule has 0 fully saturated rings. The predicted octanol–water partition coefficient (Wildman–Crippen LogP) is 6.03. The van der Waals surface area contributed by atoms with Crippen molar-refractivity contribution >= 4 is 28.4 Å². The van der Waals surface area contributed by atoms with Crippen LogP contribution in [-0.4, -0.2) is 23.6 Å². The minimum atomic E-state index is -1.76. The molecule has 1 aromatic heterocycles. The van der Waals surface area contributed by atoms with E-state index in [1.165, 1.54) is 12.1 Å². The number of hydrogen-bond acceptors (Lipinski definition) is 5. The number of fused-ring (bicyclic) bond motifs is 2. The number of hydrogen-bond donors (Lipinski definition) is 1. The van der Waals surface area contributed by atoms with Crippen molar-refractivity contribution in [2.45, 2.75) is 26.1 Å². The van der Waals surface area contributed by atoms with Crippen molar-refractivity contribution in [1.82, 2.24) is 9.97 Å². The molecule has 1 aliphatic rings. The van der Waals surface area contributed by atoms with Crippen LogP contribution in [0.2, 0.25) is 0 Å². The number of para-hydroxylation sites is 1. The number of anilines is 3. The van der Waals surface area contributed by atoms with Crippen molar-refractivity contribution in [3.05, 3.63) is 83.2 Å². The molecule has 0 amide bonds. The van der Waals surface area contributed by atoms with Gasteiger partial charge in [0, 0.05) is 23.2 Å². The number of aromatic nitrogens is 2. The normalized spacial score (nSPS) is 17.7. The number of alkyl halides is 1. The highest BCUT2D eigenvalue weighted by Gasteiger charge is 2.40. The van der Waals surface area contributed by atoms with Crippen molar-refractivity contribution in [3.63, 3.8) is 0 Å². The molecular formula is C26H24F2N4O. The van der Waals surface area contributed by atoms with Crippen LogP contribution < -0.4 is 15.0 Å². The SMILES string of the molecule is COc1cccc2c(N3CCc4ccccc4C3(C)F)nc(Nc3ccc(F)cc3C)nc12. The number of benzene rings is 3. The van der Waals surface area contributed by atoms with Gasteiger partial charge in [-0.15, -0.1) is 0 Å². The number of aryl methyl sites for hydroxylation is 1. The van der Waals surface area contributed by atoms with Crippen LogP contribution in [0.3, 0.4) is 0 Å². The molecule has 33 heavy (non-hydrogen) atoms. The van der Waals surface area contributed by atoms with Gasteiger partial charge < -0.3 is 15.0 Å². The zero-order chi connectivity index (χ0) is 23.2. The van der Waals surface area contributed by atoms with Gasteiger partial charge in [0.1, 0.15) is 22.9 Å². The lowest BCUT2D eigenvalue weighted by Crippen LogP contribution is -2.46. The van der Waals surface area contributed by atoms with E-state index < -0.39 is 5.79 Å². The maximum Gasteiger partial charge on any atom is 0.229 e. The highest BCUT2D eigenvalue weighted by Crippen LogP contribution is 2.42. The average molecular weight is 447 g/mol. The van der Waals surface area contributed by atoms with Crippen molar-refractivity contribution in [3.8, 4) is 5.75 Å². The van der Waals surface area contributed by atoms with Gasteiger partial charge in [-0.1, -0.05) is 30.3 Å². The predicted molar refractivity (Wildman–Crippen MR) is 126 cm³/mol. The molecule has 0 aliphatic carbocycles. The molecular weight excluding hydrogens is 422 g/mol. The monoisotopic (exact) mass is 446 g/mol. The third-order valence-electron chi connectivity index (χ3n) is 6.20. The van der Waals surface area contributed by atoms with Crippen molar-refractivity contribution in [2.24, 2.45) is 0 Å². The van der Waals surface area contributed by atoms with E-state index in [2.05, 4.69) is 10.3 Å². The van der Waals surface area contributed by atoms with Crippen LogP contribution >= 0.6 is 0 Å². The van der Waals surface area contributed by atoms with Gasteiger partial charge in [0.25, 0.3) is 0 Å². The van der Waals surface area contributed by atoms with Gasteiger partial charge in [0.15, 0.2) is 0 Å². The summed E-state index contributed by atoms with van der Waals surface area (Å²) >= 11 is 0. The van der Waals surface area contributed by atoms with Crippen molar-refractivity contribution in [1.29, 1.82) is 0 Å². The Bertz CT molecular complexity index is 1360. The highest BCUT2D eigenvalue weighted by atomic mass is 19.1. The van der Waals surface area contributed by atoms with Crippen LogP contribution in [0.1, 0.15) is 23.6 Å². The summed E-state index contributed by atoms with van der Waals surface area (Å²) in [6.07, 6.45) is 0.699. The zero-order valence-electron chi connectivity index (χ0n) is 18.7. The topological polar surface area (TPSA) is 50.3 Å². The Labute approximate surface area is 191 Å². The second kappa shape index (κ2) is 7.99. The summed E-state index contributed by atoms with van der Waals surface area (Å²) in [5.74, 6) is -0.762. The zero-order valence-corrected chi connectivity index (χ0v) is 18.7. The fourth-order valence-electron chi connectivity index (χ4n) is 4.50. The Morgan fingerprint density at radius 2 is 1.88 bits per heavy atom. The Morgan fingerprint density at radius 3 is 2.67 bits per heavy atom. The maximum absolute atomic E-state index is 16.4. The van der Waals surface area contributed by atoms with Crippen LogP contribution in [0.5, 0.6) is 5.75 Å². The number of nitrogens with zero attached hydrogens (tertiary/aromatic N) is 3. The number of rotatable bonds is 4. The first-order valence-corrected chi connectivity index (χ1v) is 10.8. The van der Waals surface area contributed by atoms with E-state index in [1.54, 1.807) is 31.9 Å². The van der Waals surface area contributed by atoms with Gasteiger partial charge in [-0.25, -0.2) is 13.8 Å². The van der Waals surface area contributed by atoms with Gasteiger partial charge in [0.2, 0.25) is 11.7 Å². The molecule has 1 unspecified atom stereocenters. The fourth-order valence-corrected chi connectivity index (χ4v) is 4.50. The lowest BCUT2D eigenvalue weighted by Gasteiger charge is -2.41. The lowest BCUT2D eigenvalue weighted by atomic mass is 9.91. The summed E-state index contributed by atoms with van der Waals surface area (Å²) in [4.78, 5) is 11.1. The van der Waals surface area contributed by atoms with Crippen LogP contribution in [0.15, 0.2) is 60.7 Å². The maximum atomic E-state index is 16.4. The molecule has 3 aromatic carbocycles. The summed E-state index contributed by atoms with van der Waals surface area (Å²) in [6, 6.07) is 17.6. The van der Waals surface area contributed by atoms with E-state index in [1.807, 2.05) is 42.5 Å². The molecule has 4 aromatic rings. The van der Waals surface area contributed by atoms with E-state index in [-0.39, 0.29) is 11.8 Å². The van der Waals surface area contributed by atoms with Gasteiger partial charge in [-0.05, 0) is 61.7 Å². The molecule has 1 N–H and O–H groups in total. The molecule has 5 nitrogen and oxygen atoms in total. The molecule has 7 heteroatoms. The van der Waals surface area contributed by atoms with Gasteiger partial charge >= 0.3 is 0 Å².